The molecule has 1 aromatic heterocycles. The molecule has 1 aliphatic carbocycles. The van der Waals surface area contributed by atoms with Gasteiger partial charge in [0, 0.05) is 16.9 Å². The molecule has 1 fully saturated rings. The molecule has 0 radical (unpaired) electrons. The fourth-order valence-electron chi connectivity index (χ4n) is 4.72. The van der Waals surface area contributed by atoms with Crippen LogP contribution in [0.2, 0.25) is 10.0 Å². The maximum Gasteiger partial charge on any atom is 0.263 e. The lowest BCUT2D eigenvalue weighted by Crippen LogP contribution is -2.29. The molecular formula is C26H25Cl2N3O2S2. The summed E-state index contributed by atoms with van der Waals surface area (Å²) in [4.78, 5) is 31.5. The van der Waals surface area contributed by atoms with Crippen LogP contribution in [-0.4, -0.2) is 26.5 Å². The molecule has 0 unspecified atom stereocenters. The van der Waals surface area contributed by atoms with Crippen LogP contribution in [0.4, 0.5) is 5.69 Å². The first-order valence-electron chi connectivity index (χ1n) is 11.7. The quantitative estimate of drug-likeness (QED) is 0.206. The molecule has 5 rings (SSSR count). The Morgan fingerprint density at radius 1 is 1.14 bits per heavy atom. The number of aryl methyl sites for hydroxylation is 1. The first-order valence-corrected chi connectivity index (χ1v) is 14.4. The van der Waals surface area contributed by atoms with Gasteiger partial charge in [-0.2, -0.15) is 0 Å². The van der Waals surface area contributed by atoms with Gasteiger partial charge >= 0.3 is 0 Å². The maximum absolute atomic E-state index is 13.9. The summed E-state index contributed by atoms with van der Waals surface area (Å²) in [5, 5.41) is 5.44. The number of hydrogen-bond donors (Lipinski definition) is 1. The molecule has 2 heterocycles. The summed E-state index contributed by atoms with van der Waals surface area (Å²) in [5.41, 5.74) is 3.39. The second kappa shape index (κ2) is 10.6. The van der Waals surface area contributed by atoms with Crippen molar-refractivity contribution in [3.8, 4) is 5.69 Å². The average molecular weight is 547 g/mol. The van der Waals surface area contributed by atoms with E-state index in [1.165, 1.54) is 23.7 Å². The molecule has 1 aliphatic heterocycles. The van der Waals surface area contributed by atoms with Crippen molar-refractivity contribution in [2.45, 2.75) is 60.4 Å². The Morgan fingerprint density at radius 2 is 1.91 bits per heavy atom. The SMILES string of the molecule is CCc1ccc(-n2c(SCC(=O)Nc3ccc(Cl)c(Cl)c3)nc3c(c2=O)[C@@H]2CCCC[C@@H]2S3)cc1. The Hall–Kier alpha value is -1.93. The number of halogens is 2. The van der Waals surface area contributed by atoms with Crippen molar-refractivity contribution >= 4 is 58.3 Å². The van der Waals surface area contributed by atoms with E-state index in [0.717, 1.165) is 42.0 Å². The second-order valence-corrected chi connectivity index (χ2v) is 11.8. The van der Waals surface area contributed by atoms with Gasteiger partial charge in [0.1, 0.15) is 5.03 Å². The Bertz CT molecular complexity index is 1330. The van der Waals surface area contributed by atoms with Crippen LogP contribution >= 0.6 is 46.7 Å². The van der Waals surface area contributed by atoms with Crippen LogP contribution in [0.3, 0.4) is 0 Å². The first-order chi connectivity index (χ1) is 16.9. The van der Waals surface area contributed by atoms with Gasteiger partial charge < -0.3 is 5.32 Å². The number of carbonyl (C=O) groups excluding carboxylic acids is 1. The second-order valence-electron chi connectivity index (χ2n) is 8.79. The predicted octanol–water partition coefficient (Wildman–Crippen LogP) is 6.96. The van der Waals surface area contributed by atoms with Crippen molar-refractivity contribution in [1.82, 2.24) is 9.55 Å². The van der Waals surface area contributed by atoms with Gasteiger partial charge in [-0.25, -0.2) is 4.98 Å². The molecule has 1 N–H and O–H groups in total. The summed E-state index contributed by atoms with van der Waals surface area (Å²) in [7, 11) is 0. The minimum absolute atomic E-state index is 0.00598. The molecule has 1 saturated carbocycles. The van der Waals surface area contributed by atoms with Crippen LogP contribution in [-0.2, 0) is 11.2 Å². The van der Waals surface area contributed by atoms with Gasteiger partial charge in [-0.1, -0.05) is 66.9 Å². The van der Waals surface area contributed by atoms with E-state index in [2.05, 4.69) is 12.2 Å². The van der Waals surface area contributed by atoms with E-state index in [9.17, 15) is 9.59 Å². The molecule has 182 valence electrons. The van der Waals surface area contributed by atoms with Gasteiger partial charge in [-0.15, -0.1) is 11.8 Å². The van der Waals surface area contributed by atoms with Gasteiger partial charge in [-0.05, 0) is 55.2 Å². The van der Waals surface area contributed by atoms with Crippen molar-refractivity contribution in [2.24, 2.45) is 0 Å². The highest BCUT2D eigenvalue weighted by Crippen LogP contribution is 2.50. The van der Waals surface area contributed by atoms with E-state index in [-0.39, 0.29) is 23.1 Å². The lowest BCUT2D eigenvalue weighted by atomic mass is 9.85. The maximum atomic E-state index is 13.9. The topological polar surface area (TPSA) is 64.0 Å². The van der Waals surface area contributed by atoms with E-state index < -0.39 is 0 Å². The molecule has 3 aromatic rings. The Labute approximate surface area is 223 Å². The van der Waals surface area contributed by atoms with Gasteiger partial charge in [-0.3, -0.25) is 14.2 Å². The van der Waals surface area contributed by atoms with E-state index in [1.807, 2.05) is 24.3 Å². The summed E-state index contributed by atoms with van der Waals surface area (Å²) in [6.07, 6.45) is 5.43. The number of nitrogens with zero attached hydrogens (tertiary/aromatic N) is 2. The zero-order valence-electron chi connectivity index (χ0n) is 19.2. The lowest BCUT2D eigenvalue weighted by molar-refractivity contribution is -0.113. The number of nitrogens with one attached hydrogen (secondary N) is 1. The molecule has 2 aliphatic rings. The molecule has 0 spiro atoms. The van der Waals surface area contributed by atoms with Gasteiger partial charge in [0.15, 0.2) is 5.16 Å². The third kappa shape index (κ3) is 5.15. The smallest absolute Gasteiger partial charge is 0.263 e. The standard InChI is InChI=1S/C26H25Cl2N3O2S2/c1-2-15-7-10-17(11-8-15)31-25(33)23-18-5-3-4-6-21(18)35-24(23)30-26(31)34-14-22(32)29-16-9-12-19(27)20(28)13-16/h7-13,18,21H,2-6,14H2,1H3,(H,29,32)/t18-,21+/m1/s1. The molecule has 9 heteroatoms. The minimum Gasteiger partial charge on any atom is -0.325 e. The van der Waals surface area contributed by atoms with Crippen molar-refractivity contribution in [3.63, 3.8) is 0 Å². The number of carbonyl (C=O) groups is 1. The van der Waals surface area contributed by atoms with Crippen LogP contribution in [0.15, 0.2) is 57.4 Å². The number of rotatable bonds is 6. The first kappa shape index (κ1) is 24.8. The van der Waals surface area contributed by atoms with Crippen LogP contribution in [0, 0.1) is 0 Å². The van der Waals surface area contributed by atoms with Crippen LogP contribution < -0.4 is 10.9 Å². The van der Waals surface area contributed by atoms with E-state index in [0.29, 0.717) is 26.1 Å². The Kier molecular flexibility index (Phi) is 7.49. The van der Waals surface area contributed by atoms with Crippen LogP contribution in [0.25, 0.3) is 5.69 Å². The van der Waals surface area contributed by atoms with E-state index in [1.54, 1.807) is 34.5 Å². The third-order valence-electron chi connectivity index (χ3n) is 6.53. The largest absolute Gasteiger partial charge is 0.325 e. The predicted molar refractivity (Wildman–Crippen MR) is 146 cm³/mol. The molecule has 1 amide bonds. The monoisotopic (exact) mass is 545 g/mol. The van der Waals surface area contributed by atoms with Crippen molar-refractivity contribution in [2.75, 3.05) is 11.1 Å². The summed E-state index contributed by atoms with van der Waals surface area (Å²) in [6.45, 7) is 2.10. The van der Waals surface area contributed by atoms with Gasteiger partial charge in [0.05, 0.1) is 27.0 Å². The fourth-order valence-corrected chi connectivity index (χ4v) is 7.39. The average Bonchev–Trinajstić information content (AvgIpc) is 3.24. The van der Waals surface area contributed by atoms with Crippen molar-refractivity contribution in [3.05, 3.63) is 74.0 Å². The number of anilines is 1. The molecule has 0 bridgehead atoms. The van der Waals surface area contributed by atoms with Crippen molar-refractivity contribution in [1.29, 1.82) is 0 Å². The highest BCUT2D eigenvalue weighted by molar-refractivity contribution is 8.00. The number of aromatic nitrogens is 2. The summed E-state index contributed by atoms with van der Waals surface area (Å²) >= 11 is 15.0. The van der Waals surface area contributed by atoms with E-state index >= 15 is 0 Å². The molecule has 5 nitrogen and oxygen atoms in total. The summed E-state index contributed by atoms with van der Waals surface area (Å²) < 4.78 is 1.69. The summed E-state index contributed by atoms with van der Waals surface area (Å²) in [6, 6.07) is 13.0. The van der Waals surface area contributed by atoms with Crippen LogP contribution in [0.5, 0.6) is 0 Å². The number of amides is 1. The third-order valence-corrected chi connectivity index (χ3v) is 9.61. The number of fused-ring (bicyclic) bond motifs is 3. The number of hydrogen-bond acceptors (Lipinski definition) is 5. The van der Waals surface area contributed by atoms with E-state index in [4.69, 9.17) is 28.2 Å². The minimum atomic E-state index is -0.211. The highest BCUT2D eigenvalue weighted by atomic mass is 35.5. The van der Waals surface area contributed by atoms with Gasteiger partial charge in [0.25, 0.3) is 5.56 Å². The Balaban J connectivity index is 1.46. The molecule has 0 saturated heterocycles. The lowest BCUT2D eigenvalue weighted by Gasteiger charge is -2.24. The molecule has 35 heavy (non-hydrogen) atoms. The normalized spacial score (nSPS) is 18.7. The number of benzene rings is 2. The Morgan fingerprint density at radius 3 is 2.66 bits per heavy atom. The van der Waals surface area contributed by atoms with Gasteiger partial charge in [0.2, 0.25) is 5.91 Å². The number of thioether (sulfide) groups is 2. The highest BCUT2D eigenvalue weighted by Gasteiger charge is 2.39. The fraction of sp³-hybridized carbons (Fsp3) is 0.346. The zero-order chi connectivity index (χ0) is 24.5. The molecule has 2 aromatic carbocycles. The summed E-state index contributed by atoms with van der Waals surface area (Å²) in [5.74, 6) is 0.162. The zero-order valence-corrected chi connectivity index (χ0v) is 22.4. The molecular weight excluding hydrogens is 521 g/mol. The molecule has 2 atom stereocenters. The van der Waals surface area contributed by atoms with Crippen molar-refractivity contribution < 1.29 is 4.79 Å². The van der Waals surface area contributed by atoms with Crippen LogP contribution in [0.1, 0.15) is 49.7 Å².